The van der Waals surface area contributed by atoms with E-state index in [1.54, 1.807) is 11.8 Å². The highest BCUT2D eigenvalue weighted by Gasteiger charge is 2.05. The van der Waals surface area contributed by atoms with Crippen LogP contribution in [0.25, 0.3) is 0 Å². The fourth-order valence-electron chi connectivity index (χ4n) is 1.53. The van der Waals surface area contributed by atoms with Crippen molar-refractivity contribution in [1.82, 2.24) is 4.90 Å². The van der Waals surface area contributed by atoms with Crippen LogP contribution in [-0.4, -0.2) is 24.4 Å². The van der Waals surface area contributed by atoms with Crippen molar-refractivity contribution >= 4 is 5.91 Å². The van der Waals surface area contributed by atoms with Gasteiger partial charge in [0.1, 0.15) is 0 Å². The minimum Gasteiger partial charge on any atom is -0.342 e. The van der Waals surface area contributed by atoms with Crippen molar-refractivity contribution in [2.75, 3.05) is 13.6 Å². The van der Waals surface area contributed by atoms with E-state index in [9.17, 15) is 4.79 Å². The molecule has 0 fully saturated rings. The van der Waals surface area contributed by atoms with E-state index >= 15 is 0 Å². The average Bonchev–Trinajstić information content (AvgIpc) is 2.19. The van der Waals surface area contributed by atoms with Gasteiger partial charge in [-0.15, -0.1) is 0 Å². The second kappa shape index (κ2) is 5.63. The average molecular weight is 193 g/mol. The molecule has 0 N–H and O–H groups in total. The summed E-state index contributed by atoms with van der Waals surface area (Å²) in [5.41, 5.74) is 0. The van der Waals surface area contributed by atoms with E-state index in [0.717, 1.165) is 13.0 Å². The van der Waals surface area contributed by atoms with Crippen LogP contribution < -0.4 is 0 Å². The molecule has 0 spiro atoms. The molecule has 1 unspecified atom stereocenters. The van der Waals surface area contributed by atoms with Gasteiger partial charge in [0, 0.05) is 20.5 Å². The molecule has 1 atom stereocenters. The first-order chi connectivity index (χ1) is 6.70. The van der Waals surface area contributed by atoms with Gasteiger partial charge in [-0.1, -0.05) is 24.3 Å². The maximum atomic E-state index is 10.9. The lowest BCUT2D eigenvalue weighted by Gasteiger charge is -2.15. The number of carbonyl (C=O) groups excluding carboxylic acids is 1. The van der Waals surface area contributed by atoms with E-state index < -0.39 is 0 Å². The van der Waals surface area contributed by atoms with E-state index in [1.165, 1.54) is 12.8 Å². The highest BCUT2D eigenvalue weighted by molar-refractivity contribution is 5.72. The summed E-state index contributed by atoms with van der Waals surface area (Å²) in [6.07, 6.45) is 12.4. The maximum Gasteiger partial charge on any atom is 0.219 e. The molecule has 0 aliphatic heterocycles. The predicted octanol–water partition coefficient (Wildman–Crippen LogP) is 2.38. The Morgan fingerprint density at radius 2 is 2.36 bits per heavy atom. The quantitative estimate of drug-likeness (QED) is 0.630. The zero-order valence-electron chi connectivity index (χ0n) is 9.07. The molecule has 0 bridgehead atoms. The van der Waals surface area contributed by atoms with Crippen LogP contribution in [0.1, 0.15) is 26.2 Å². The number of likely N-dealkylation sites (N-methyl/N-ethyl adjacent to an activating group) is 1. The second-order valence-electron chi connectivity index (χ2n) is 3.87. The van der Waals surface area contributed by atoms with Gasteiger partial charge >= 0.3 is 0 Å². The third kappa shape index (κ3) is 3.77. The molecular weight excluding hydrogens is 174 g/mol. The first kappa shape index (κ1) is 11.0. The van der Waals surface area contributed by atoms with Crippen molar-refractivity contribution in [2.24, 2.45) is 5.92 Å². The van der Waals surface area contributed by atoms with Crippen molar-refractivity contribution in [3.8, 4) is 0 Å². The Labute approximate surface area is 86.3 Å². The molecule has 2 heteroatoms. The van der Waals surface area contributed by atoms with Gasteiger partial charge in [0.25, 0.3) is 0 Å². The van der Waals surface area contributed by atoms with Crippen LogP contribution in [0, 0.1) is 5.92 Å². The Morgan fingerprint density at radius 3 is 2.93 bits per heavy atom. The summed E-state index contributed by atoms with van der Waals surface area (Å²) < 4.78 is 0. The topological polar surface area (TPSA) is 20.3 Å². The predicted molar refractivity (Wildman–Crippen MR) is 58.9 cm³/mol. The summed E-state index contributed by atoms with van der Waals surface area (Å²) in [5, 5.41) is 0. The molecule has 2 nitrogen and oxygen atoms in total. The number of amides is 1. The SMILES string of the molecule is CC(=O)N(C)C/C=C/C1CC=CCC1. The van der Waals surface area contributed by atoms with E-state index in [2.05, 4.69) is 24.3 Å². The molecule has 0 aromatic heterocycles. The lowest BCUT2D eigenvalue weighted by molar-refractivity contribution is -0.127. The van der Waals surface area contributed by atoms with E-state index in [0.29, 0.717) is 5.92 Å². The number of hydrogen-bond donors (Lipinski definition) is 0. The van der Waals surface area contributed by atoms with Gasteiger partial charge in [0.2, 0.25) is 5.91 Å². The Morgan fingerprint density at radius 1 is 1.57 bits per heavy atom. The van der Waals surface area contributed by atoms with E-state index in [4.69, 9.17) is 0 Å². The van der Waals surface area contributed by atoms with Crippen molar-refractivity contribution in [2.45, 2.75) is 26.2 Å². The molecule has 14 heavy (non-hydrogen) atoms. The molecule has 1 aliphatic carbocycles. The van der Waals surface area contributed by atoms with Gasteiger partial charge in [0.05, 0.1) is 0 Å². The number of carbonyl (C=O) groups is 1. The molecule has 0 heterocycles. The zero-order chi connectivity index (χ0) is 10.4. The molecule has 0 radical (unpaired) electrons. The van der Waals surface area contributed by atoms with Crippen molar-refractivity contribution in [3.05, 3.63) is 24.3 Å². The largest absolute Gasteiger partial charge is 0.342 e. The van der Waals surface area contributed by atoms with E-state index in [1.807, 2.05) is 7.05 Å². The van der Waals surface area contributed by atoms with Crippen molar-refractivity contribution < 1.29 is 4.79 Å². The zero-order valence-corrected chi connectivity index (χ0v) is 9.07. The van der Waals surface area contributed by atoms with Crippen LogP contribution in [0.15, 0.2) is 24.3 Å². The summed E-state index contributed by atoms with van der Waals surface area (Å²) in [6, 6.07) is 0. The lowest BCUT2D eigenvalue weighted by Crippen LogP contribution is -2.23. The van der Waals surface area contributed by atoms with Gasteiger partial charge < -0.3 is 4.90 Å². The fraction of sp³-hybridized carbons (Fsp3) is 0.583. The van der Waals surface area contributed by atoms with Crippen LogP contribution in [0.2, 0.25) is 0 Å². The normalized spacial score (nSPS) is 21.4. The van der Waals surface area contributed by atoms with Crippen LogP contribution in [0.3, 0.4) is 0 Å². The van der Waals surface area contributed by atoms with Gasteiger partial charge in [0.15, 0.2) is 0 Å². The van der Waals surface area contributed by atoms with Crippen molar-refractivity contribution in [3.63, 3.8) is 0 Å². The van der Waals surface area contributed by atoms with Crippen LogP contribution >= 0.6 is 0 Å². The minimum absolute atomic E-state index is 0.123. The van der Waals surface area contributed by atoms with Gasteiger partial charge in [-0.25, -0.2) is 0 Å². The molecule has 78 valence electrons. The molecular formula is C12H19NO. The molecule has 0 saturated heterocycles. The van der Waals surface area contributed by atoms with Crippen LogP contribution in [0.4, 0.5) is 0 Å². The third-order valence-corrected chi connectivity index (χ3v) is 2.63. The number of rotatable bonds is 3. The molecule has 0 saturated carbocycles. The molecule has 1 aliphatic rings. The van der Waals surface area contributed by atoms with Crippen LogP contribution in [-0.2, 0) is 4.79 Å². The van der Waals surface area contributed by atoms with Gasteiger partial charge in [-0.3, -0.25) is 4.79 Å². The summed E-state index contributed by atoms with van der Waals surface area (Å²) in [7, 11) is 1.83. The Bertz CT molecular complexity index is 243. The van der Waals surface area contributed by atoms with Crippen LogP contribution in [0.5, 0.6) is 0 Å². The van der Waals surface area contributed by atoms with Gasteiger partial charge in [-0.05, 0) is 25.2 Å². The highest BCUT2D eigenvalue weighted by Crippen LogP contribution is 2.18. The maximum absolute atomic E-state index is 10.9. The standard InChI is InChI=1S/C12H19NO/c1-11(14)13(2)10-6-9-12-7-4-3-5-8-12/h3-4,6,9,12H,5,7-8,10H2,1-2H3/b9-6+. The summed E-state index contributed by atoms with van der Waals surface area (Å²) in [6.45, 7) is 2.33. The summed E-state index contributed by atoms with van der Waals surface area (Å²) in [4.78, 5) is 12.6. The molecule has 0 aromatic carbocycles. The fourth-order valence-corrected chi connectivity index (χ4v) is 1.53. The summed E-state index contributed by atoms with van der Waals surface area (Å²) >= 11 is 0. The van der Waals surface area contributed by atoms with E-state index in [-0.39, 0.29) is 5.91 Å². The lowest BCUT2D eigenvalue weighted by atomic mass is 9.94. The van der Waals surface area contributed by atoms with Gasteiger partial charge in [-0.2, -0.15) is 0 Å². The smallest absolute Gasteiger partial charge is 0.219 e. The Hall–Kier alpha value is -1.05. The highest BCUT2D eigenvalue weighted by atomic mass is 16.2. The minimum atomic E-state index is 0.123. The number of hydrogen-bond acceptors (Lipinski definition) is 1. The third-order valence-electron chi connectivity index (χ3n) is 2.63. The number of allylic oxidation sites excluding steroid dienone is 3. The molecule has 1 amide bonds. The van der Waals surface area contributed by atoms with Crippen molar-refractivity contribution in [1.29, 1.82) is 0 Å². The Balaban J connectivity index is 2.26. The monoisotopic (exact) mass is 193 g/mol. The molecule has 1 rings (SSSR count). The second-order valence-corrected chi connectivity index (χ2v) is 3.87. The first-order valence-electron chi connectivity index (χ1n) is 5.23. The number of nitrogens with zero attached hydrogens (tertiary/aromatic N) is 1. The Kier molecular flexibility index (Phi) is 4.44. The molecule has 0 aromatic rings. The first-order valence-corrected chi connectivity index (χ1v) is 5.23. The summed E-state index contributed by atoms with van der Waals surface area (Å²) in [5.74, 6) is 0.804.